The maximum absolute atomic E-state index is 12.0. The van der Waals surface area contributed by atoms with Gasteiger partial charge in [-0.05, 0) is 30.7 Å². The molecule has 7 heteroatoms. The van der Waals surface area contributed by atoms with E-state index in [1.165, 1.54) is 42.5 Å². The number of nitro groups is 1. The van der Waals surface area contributed by atoms with Gasteiger partial charge in [0.25, 0.3) is 5.69 Å². The highest BCUT2D eigenvalue weighted by molar-refractivity contribution is 5.90. The van der Waals surface area contributed by atoms with Crippen molar-refractivity contribution < 1.29 is 24.3 Å². The maximum Gasteiger partial charge on any atom is 0.338 e. The van der Waals surface area contributed by atoms with Crippen molar-refractivity contribution in [2.24, 2.45) is 0 Å². The molecule has 2 aromatic rings. The Morgan fingerprint density at radius 3 is 2.48 bits per heavy atom. The first-order valence-corrected chi connectivity index (χ1v) is 7.93. The Hall–Kier alpha value is -3.09. The SMILES string of the molecule is CCCCCOC(=O)c1cc(O)cc(Oc2ccc([N+](=O)[O-])cc2)c1. The molecule has 0 fully saturated rings. The third-order valence-electron chi connectivity index (χ3n) is 3.39. The van der Waals surface area contributed by atoms with Gasteiger partial charge in [0.15, 0.2) is 0 Å². The number of rotatable bonds is 8. The molecule has 0 unspecified atom stereocenters. The number of nitrogens with zero attached hydrogens (tertiary/aromatic N) is 1. The molecular weight excluding hydrogens is 326 g/mol. The average molecular weight is 345 g/mol. The number of aromatic hydroxyl groups is 1. The van der Waals surface area contributed by atoms with E-state index in [0.29, 0.717) is 12.4 Å². The molecule has 0 aliphatic rings. The van der Waals surface area contributed by atoms with Gasteiger partial charge in [0.1, 0.15) is 17.2 Å². The minimum atomic E-state index is -0.541. The number of hydrogen-bond acceptors (Lipinski definition) is 6. The van der Waals surface area contributed by atoms with E-state index in [9.17, 15) is 20.0 Å². The van der Waals surface area contributed by atoms with E-state index in [4.69, 9.17) is 9.47 Å². The molecule has 0 heterocycles. The van der Waals surface area contributed by atoms with E-state index in [1.807, 2.05) is 0 Å². The summed E-state index contributed by atoms with van der Waals surface area (Å²) in [5, 5.41) is 20.4. The van der Waals surface area contributed by atoms with E-state index in [-0.39, 0.29) is 22.7 Å². The molecular formula is C18H19NO6. The quantitative estimate of drug-likeness (QED) is 0.329. The fourth-order valence-corrected chi connectivity index (χ4v) is 2.13. The molecule has 1 N–H and O–H groups in total. The zero-order chi connectivity index (χ0) is 18.2. The molecule has 25 heavy (non-hydrogen) atoms. The van der Waals surface area contributed by atoms with Gasteiger partial charge in [-0.3, -0.25) is 10.1 Å². The fraction of sp³-hybridized carbons (Fsp3) is 0.278. The van der Waals surface area contributed by atoms with Crippen LogP contribution in [-0.4, -0.2) is 22.6 Å². The topological polar surface area (TPSA) is 98.9 Å². The highest BCUT2D eigenvalue weighted by atomic mass is 16.6. The highest BCUT2D eigenvalue weighted by Crippen LogP contribution is 2.28. The third-order valence-corrected chi connectivity index (χ3v) is 3.39. The van der Waals surface area contributed by atoms with Crippen LogP contribution in [0.3, 0.4) is 0 Å². The predicted molar refractivity (Wildman–Crippen MR) is 91.1 cm³/mol. The number of esters is 1. The predicted octanol–water partition coefficient (Wildman–Crippen LogP) is 4.44. The van der Waals surface area contributed by atoms with E-state index < -0.39 is 10.9 Å². The molecule has 0 atom stereocenters. The molecule has 132 valence electrons. The highest BCUT2D eigenvalue weighted by Gasteiger charge is 2.12. The van der Waals surface area contributed by atoms with Gasteiger partial charge < -0.3 is 14.6 Å². The Bertz CT molecular complexity index is 742. The standard InChI is InChI=1S/C18H19NO6/c1-2-3-4-9-24-18(21)13-10-15(20)12-17(11-13)25-16-7-5-14(6-8-16)19(22)23/h5-8,10-12,20H,2-4,9H2,1H3. The lowest BCUT2D eigenvalue weighted by Crippen LogP contribution is -2.06. The molecule has 0 aliphatic carbocycles. The first-order valence-electron chi connectivity index (χ1n) is 7.93. The van der Waals surface area contributed by atoms with Gasteiger partial charge in [-0.2, -0.15) is 0 Å². The summed E-state index contributed by atoms with van der Waals surface area (Å²) in [6, 6.07) is 9.57. The lowest BCUT2D eigenvalue weighted by atomic mass is 10.2. The Balaban J connectivity index is 2.07. The number of unbranched alkanes of at least 4 members (excludes halogenated alkanes) is 2. The van der Waals surface area contributed by atoms with Crippen LogP contribution in [0.25, 0.3) is 0 Å². The lowest BCUT2D eigenvalue weighted by Gasteiger charge is -2.09. The van der Waals surface area contributed by atoms with Crippen LogP contribution in [0.4, 0.5) is 5.69 Å². The van der Waals surface area contributed by atoms with E-state index in [1.54, 1.807) is 0 Å². The fourth-order valence-electron chi connectivity index (χ4n) is 2.13. The van der Waals surface area contributed by atoms with Crippen LogP contribution in [-0.2, 0) is 4.74 Å². The summed E-state index contributed by atoms with van der Waals surface area (Å²) in [5.74, 6) is -0.103. The molecule has 0 bridgehead atoms. The molecule has 0 aromatic heterocycles. The molecule has 0 radical (unpaired) electrons. The summed E-state index contributed by atoms with van der Waals surface area (Å²) in [7, 11) is 0. The average Bonchev–Trinajstić information content (AvgIpc) is 2.58. The van der Waals surface area contributed by atoms with E-state index in [2.05, 4.69) is 6.92 Å². The van der Waals surface area contributed by atoms with Crippen LogP contribution in [0.5, 0.6) is 17.2 Å². The summed E-state index contributed by atoms with van der Waals surface area (Å²) in [5.41, 5.74) is 0.119. The van der Waals surface area contributed by atoms with Gasteiger partial charge in [-0.25, -0.2) is 4.79 Å². The van der Waals surface area contributed by atoms with Crippen molar-refractivity contribution in [2.75, 3.05) is 6.61 Å². The number of ether oxygens (including phenoxy) is 2. The maximum atomic E-state index is 12.0. The van der Waals surface area contributed by atoms with Gasteiger partial charge >= 0.3 is 5.97 Å². The van der Waals surface area contributed by atoms with Gasteiger partial charge in [0.05, 0.1) is 17.1 Å². The van der Waals surface area contributed by atoms with E-state index in [0.717, 1.165) is 19.3 Å². The Labute approximate surface area is 145 Å². The smallest absolute Gasteiger partial charge is 0.338 e. The van der Waals surface area contributed by atoms with Crippen molar-refractivity contribution in [1.29, 1.82) is 0 Å². The molecule has 7 nitrogen and oxygen atoms in total. The van der Waals surface area contributed by atoms with Crippen molar-refractivity contribution in [3.05, 3.63) is 58.1 Å². The van der Waals surface area contributed by atoms with Crippen LogP contribution >= 0.6 is 0 Å². The number of carbonyl (C=O) groups is 1. The molecule has 2 aromatic carbocycles. The number of carbonyl (C=O) groups excluding carboxylic acids is 1. The molecule has 0 saturated heterocycles. The number of phenols is 1. The number of nitro benzene ring substituents is 1. The second-order valence-corrected chi connectivity index (χ2v) is 5.41. The van der Waals surface area contributed by atoms with Crippen LogP contribution in [0.1, 0.15) is 36.5 Å². The zero-order valence-electron chi connectivity index (χ0n) is 13.8. The number of non-ortho nitro benzene ring substituents is 1. The number of hydrogen-bond donors (Lipinski definition) is 1. The summed E-state index contributed by atoms with van der Waals surface area (Å²) >= 11 is 0. The van der Waals surface area contributed by atoms with Crippen molar-refractivity contribution >= 4 is 11.7 Å². The van der Waals surface area contributed by atoms with Crippen LogP contribution in [0, 0.1) is 10.1 Å². The van der Waals surface area contributed by atoms with Crippen molar-refractivity contribution in [2.45, 2.75) is 26.2 Å². The molecule has 0 amide bonds. The number of phenolic OH excluding ortho intramolecular Hbond substituents is 1. The summed E-state index contributed by atoms with van der Waals surface area (Å²) in [6.07, 6.45) is 2.78. The molecule has 0 saturated carbocycles. The number of benzene rings is 2. The van der Waals surface area contributed by atoms with Crippen LogP contribution < -0.4 is 4.74 Å². The third kappa shape index (κ3) is 5.49. The van der Waals surface area contributed by atoms with Crippen molar-refractivity contribution in [1.82, 2.24) is 0 Å². The van der Waals surface area contributed by atoms with Gasteiger partial charge in [-0.1, -0.05) is 19.8 Å². The monoisotopic (exact) mass is 345 g/mol. The first-order chi connectivity index (χ1) is 12.0. The van der Waals surface area contributed by atoms with Gasteiger partial charge in [-0.15, -0.1) is 0 Å². The van der Waals surface area contributed by atoms with E-state index >= 15 is 0 Å². The minimum Gasteiger partial charge on any atom is -0.508 e. The molecule has 2 rings (SSSR count). The van der Waals surface area contributed by atoms with Crippen molar-refractivity contribution in [3.8, 4) is 17.2 Å². The summed E-state index contributed by atoms with van der Waals surface area (Å²) in [6.45, 7) is 2.37. The molecule has 0 spiro atoms. The normalized spacial score (nSPS) is 10.3. The zero-order valence-corrected chi connectivity index (χ0v) is 13.8. The summed E-state index contributed by atoms with van der Waals surface area (Å²) < 4.78 is 10.7. The molecule has 0 aliphatic heterocycles. The van der Waals surface area contributed by atoms with Gasteiger partial charge in [0.2, 0.25) is 0 Å². The van der Waals surface area contributed by atoms with Crippen LogP contribution in [0.15, 0.2) is 42.5 Å². The van der Waals surface area contributed by atoms with Crippen LogP contribution in [0.2, 0.25) is 0 Å². The summed E-state index contributed by atoms with van der Waals surface area (Å²) in [4.78, 5) is 22.2. The minimum absolute atomic E-state index is 0.0559. The second kappa shape index (κ2) is 8.68. The first kappa shape index (κ1) is 18.3. The van der Waals surface area contributed by atoms with Gasteiger partial charge in [0, 0.05) is 18.2 Å². The Morgan fingerprint density at radius 2 is 1.84 bits per heavy atom. The second-order valence-electron chi connectivity index (χ2n) is 5.41. The Kier molecular flexibility index (Phi) is 6.33. The van der Waals surface area contributed by atoms with Crippen molar-refractivity contribution in [3.63, 3.8) is 0 Å². The Morgan fingerprint density at radius 1 is 1.12 bits per heavy atom. The largest absolute Gasteiger partial charge is 0.508 e. The lowest BCUT2D eigenvalue weighted by molar-refractivity contribution is -0.384.